The highest BCUT2D eigenvalue weighted by Gasteiger charge is 2.27. The normalized spacial score (nSPS) is 10.9. The molecule has 4 rings (SSSR count). The van der Waals surface area contributed by atoms with Crippen LogP contribution in [0.2, 0.25) is 0 Å². The quantitative estimate of drug-likeness (QED) is 0.171. The minimum atomic E-state index is -1.23. The molecule has 5 N–H and O–H groups in total. The largest absolute Gasteiger partial charge is 0.481 e. The highest BCUT2D eigenvalue weighted by atomic mass is 19.1. The van der Waals surface area contributed by atoms with Gasteiger partial charge in [-0.05, 0) is 49.7 Å². The van der Waals surface area contributed by atoms with Crippen LogP contribution in [0.15, 0.2) is 54.6 Å². The van der Waals surface area contributed by atoms with Gasteiger partial charge in [-0.25, -0.2) is 4.39 Å². The maximum Gasteiger partial charge on any atom is 0.307 e. The number of carboxylic acid groups (broad SMARTS) is 2. The molecule has 18 heteroatoms. The average Bonchev–Trinajstić information content (AvgIpc) is 3.33. The standard InChI is InChI=1S/C10H12N2O4.C10H10N2O3.C8H6FNO4.C2H7N/c1-2-11-9-4-3-8(12(15)16)5-7(9)6-10(13)14;1-2-11-9-4-3-8(12(14)15)5-7(9)6-10(11)13;9-7-2-1-6(10(13)14)3-5(7)4-8(11)12;1-2-3/h3-5,11H,2,6H2,1H3,(H,13,14);3-5H,2,6H2,1H3;1-3H,4H2,(H,11,12);2-3H2,1H3. The van der Waals surface area contributed by atoms with Crippen LogP contribution in [0, 0.1) is 36.2 Å². The molecule has 258 valence electrons. The Morgan fingerprint density at radius 3 is 1.77 bits per heavy atom. The van der Waals surface area contributed by atoms with Crippen LogP contribution in [0.3, 0.4) is 0 Å². The molecule has 0 radical (unpaired) electrons. The molecule has 1 aliphatic rings. The molecule has 0 saturated carbocycles. The number of amides is 1. The number of halogens is 1. The fourth-order valence-electron chi connectivity index (χ4n) is 4.17. The summed E-state index contributed by atoms with van der Waals surface area (Å²) in [5.74, 6) is -2.99. The summed E-state index contributed by atoms with van der Waals surface area (Å²) >= 11 is 0. The van der Waals surface area contributed by atoms with E-state index in [9.17, 15) is 49.1 Å². The van der Waals surface area contributed by atoms with Crippen LogP contribution in [0.4, 0.5) is 32.8 Å². The zero-order chi connectivity index (χ0) is 36.6. The molecule has 3 aromatic carbocycles. The fourth-order valence-corrected chi connectivity index (χ4v) is 4.17. The van der Waals surface area contributed by atoms with E-state index in [0.29, 0.717) is 24.3 Å². The molecule has 0 atom stereocenters. The van der Waals surface area contributed by atoms with Crippen LogP contribution in [0.5, 0.6) is 0 Å². The van der Waals surface area contributed by atoms with Crippen LogP contribution in [0.1, 0.15) is 37.5 Å². The van der Waals surface area contributed by atoms with E-state index < -0.39 is 38.9 Å². The van der Waals surface area contributed by atoms with Crippen molar-refractivity contribution in [2.75, 3.05) is 29.9 Å². The first-order valence-corrected chi connectivity index (χ1v) is 14.2. The number of aliphatic carboxylic acids is 2. The van der Waals surface area contributed by atoms with Crippen LogP contribution in [-0.2, 0) is 33.6 Å². The van der Waals surface area contributed by atoms with Crippen molar-refractivity contribution in [1.29, 1.82) is 0 Å². The molecule has 0 unspecified atom stereocenters. The van der Waals surface area contributed by atoms with Crippen molar-refractivity contribution in [3.63, 3.8) is 0 Å². The molecule has 1 amide bonds. The zero-order valence-corrected chi connectivity index (χ0v) is 26.3. The number of nitrogens with two attached hydrogens (primary N) is 1. The lowest BCUT2D eigenvalue weighted by Gasteiger charge is -2.13. The SMILES string of the molecule is CCN.CCN1C(=O)Cc2cc([N+](=O)[O-])ccc21.CCNc1ccc([N+](=O)[O-])cc1CC(=O)O.O=C(O)Cc1cc([N+](=O)[O-])ccc1F. The number of non-ortho nitro benzene ring substituents is 3. The maximum atomic E-state index is 12.9. The van der Waals surface area contributed by atoms with Gasteiger partial charge >= 0.3 is 11.9 Å². The Balaban J connectivity index is 0.000000346. The van der Waals surface area contributed by atoms with Gasteiger partial charge in [-0.15, -0.1) is 0 Å². The number of nitrogens with zero attached hydrogens (tertiary/aromatic N) is 4. The minimum Gasteiger partial charge on any atom is -0.481 e. The third-order valence-corrected chi connectivity index (χ3v) is 6.11. The van der Waals surface area contributed by atoms with Gasteiger partial charge in [0.1, 0.15) is 5.82 Å². The Hall–Kier alpha value is -6.04. The number of rotatable bonds is 10. The summed E-state index contributed by atoms with van der Waals surface area (Å²) in [5.41, 5.74) is 6.87. The van der Waals surface area contributed by atoms with Crippen LogP contribution in [0.25, 0.3) is 0 Å². The molecule has 17 nitrogen and oxygen atoms in total. The van der Waals surface area contributed by atoms with Gasteiger partial charge in [0.2, 0.25) is 5.91 Å². The van der Waals surface area contributed by atoms with E-state index >= 15 is 0 Å². The van der Waals surface area contributed by atoms with Crippen molar-refractivity contribution in [2.24, 2.45) is 5.73 Å². The molecule has 0 aromatic heterocycles. The summed E-state index contributed by atoms with van der Waals surface area (Å²) in [6.07, 6.45) is -0.525. The summed E-state index contributed by atoms with van der Waals surface area (Å²) in [6.45, 7) is 7.63. The molecule has 3 aromatic rings. The summed E-state index contributed by atoms with van der Waals surface area (Å²) in [6, 6.07) is 11.5. The number of hydrogen-bond acceptors (Lipinski definition) is 11. The van der Waals surface area contributed by atoms with Gasteiger partial charge in [0.05, 0.1) is 34.0 Å². The molecule has 0 aliphatic carbocycles. The topological polar surface area (TPSA) is 262 Å². The van der Waals surface area contributed by atoms with E-state index in [1.807, 2.05) is 20.8 Å². The fraction of sp³-hybridized carbons (Fsp3) is 0.300. The minimum absolute atomic E-state index is 0.00741. The summed E-state index contributed by atoms with van der Waals surface area (Å²) in [7, 11) is 0. The second-order valence-electron chi connectivity index (χ2n) is 9.60. The predicted octanol–water partition coefficient (Wildman–Crippen LogP) is 4.48. The van der Waals surface area contributed by atoms with E-state index in [-0.39, 0.29) is 41.4 Å². The first-order valence-electron chi connectivity index (χ1n) is 14.2. The number of nitro benzene ring substituents is 3. The highest BCUT2D eigenvalue weighted by Crippen LogP contribution is 2.31. The van der Waals surface area contributed by atoms with Gasteiger partial charge in [-0.2, -0.15) is 0 Å². The average molecular weight is 675 g/mol. The Bertz CT molecular complexity index is 1650. The Morgan fingerprint density at radius 2 is 1.29 bits per heavy atom. The third-order valence-electron chi connectivity index (χ3n) is 6.11. The molecule has 0 spiro atoms. The van der Waals surface area contributed by atoms with E-state index in [2.05, 4.69) is 5.32 Å². The summed E-state index contributed by atoms with van der Waals surface area (Å²) in [4.78, 5) is 63.7. The molecule has 1 aliphatic heterocycles. The molecule has 48 heavy (non-hydrogen) atoms. The zero-order valence-electron chi connectivity index (χ0n) is 26.3. The molecule has 1 heterocycles. The van der Waals surface area contributed by atoms with Gasteiger partial charge in [-0.1, -0.05) is 6.92 Å². The molecule has 0 saturated heterocycles. The smallest absolute Gasteiger partial charge is 0.307 e. The van der Waals surface area contributed by atoms with Crippen LogP contribution < -0.4 is 16.0 Å². The third kappa shape index (κ3) is 12.4. The van der Waals surface area contributed by atoms with Gasteiger partial charge in [-0.3, -0.25) is 44.7 Å². The summed E-state index contributed by atoms with van der Waals surface area (Å²) in [5, 5.41) is 51.4. The Kier molecular flexibility index (Phi) is 16.2. The van der Waals surface area contributed by atoms with Crippen molar-refractivity contribution >= 4 is 46.3 Å². The van der Waals surface area contributed by atoms with Crippen molar-refractivity contribution in [1.82, 2.24) is 0 Å². The van der Waals surface area contributed by atoms with Gasteiger partial charge in [0.25, 0.3) is 17.1 Å². The Morgan fingerprint density at radius 1 is 0.833 bits per heavy atom. The number of nitrogens with one attached hydrogen (secondary N) is 1. The monoisotopic (exact) mass is 674 g/mol. The lowest BCUT2D eigenvalue weighted by molar-refractivity contribution is -0.385. The summed E-state index contributed by atoms with van der Waals surface area (Å²) < 4.78 is 12.9. The lowest BCUT2D eigenvalue weighted by Crippen LogP contribution is -2.25. The number of hydrogen-bond donors (Lipinski definition) is 4. The highest BCUT2D eigenvalue weighted by molar-refractivity contribution is 6.01. The van der Waals surface area contributed by atoms with Crippen molar-refractivity contribution in [2.45, 2.75) is 40.0 Å². The number of benzene rings is 3. The second kappa shape index (κ2) is 19.5. The van der Waals surface area contributed by atoms with Crippen molar-refractivity contribution < 1.29 is 43.8 Å². The lowest BCUT2D eigenvalue weighted by atomic mass is 10.1. The molecular weight excluding hydrogens is 639 g/mol. The van der Waals surface area contributed by atoms with E-state index in [1.54, 1.807) is 11.0 Å². The van der Waals surface area contributed by atoms with Crippen LogP contribution in [-0.4, -0.2) is 62.5 Å². The van der Waals surface area contributed by atoms with Gasteiger partial charge in [0, 0.05) is 66.4 Å². The van der Waals surface area contributed by atoms with Crippen molar-refractivity contribution in [3.8, 4) is 0 Å². The van der Waals surface area contributed by atoms with E-state index in [0.717, 1.165) is 36.0 Å². The first-order chi connectivity index (χ1) is 22.6. The number of fused-ring (bicyclic) bond motifs is 1. The number of carbonyl (C=O) groups excluding carboxylic acids is 1. The van der Waals surface area contributed by atoms with Gasteiger partial charge < -0.3 is 26.2 Å². The first kappa shape index (κ1) is 40.0. The number of anilines is 2. The number of carbonyl (C=O) groups is 3. The van der Waals surface area contributed by atoms with Crippen molar-refractivity contribution in [3.05, 3.63) is 107 Å². The van der Waals surface area contributed by atoms with Gasteiger partial charge in [0.15, 0.2) is 0 Å². The van der Waals surface area contributed by atoms with E-state index in [1.165, 1.54) is 30.3 Å². The second-order valence-corrected chi connectivity index (χ2v) is 9.60. The van der Waals surface area contributed by atoms with E-state index in [4.69, 9.17) is 15.9 Å². The number of carboxylic acids is 2. The molecule has 0 fully saturated rings. The molecule has 0 bridgehead atoms. The predicted molar refractivity (Wildman–Crippen MR) is 173 cm³/mol. The Labute approximate surface area is 273 Å². The maximum absolute atomic E-state index is 12.9. The number of likely N-dealkylation sites (N-methyl/N-ethyl adjacent to an activating group) is 1. The number of nitro groups is 3. The van der Waals surface area contributed by atoms with Crippen LogP contribution >= 0.6 is 0 Å². The molecular formula is C30H35FN6O11.